The van der Waals surface area contributed by atoms with Gasteiger partial charge in [-0.2, -0.15) is 0 Å². The van der Waals surface area contributed by atoms with Crippen LogP contribution in [-0.4, -0.2) is 98.0 Å². The van der Waals surface area contributed by atoms with Crippen LogP contribution in [-0.2, 0) is 18.9 Å². The molecule has 7 N–H and O–H groups in total. The second-order valence-electron chi connectivity index (χ2n) is 8.20. The van der Waals surface area contributed by atoms with Crippen molar-refractivity contribution in [1.82, 2.24) is 0 Å². The number of fused-ring (bicyclic) bond motifs is 1. The lowest BCUT2D eigenvalue weighted by molar-refractivity contribution is -0.339. The molecule has 0 amide bonds. The average Bonchev–Trinajstić information content (AvgIpc) is 3.11. The van der Waals surface area contributed by atoms with E-state index in [0.717, 1.165) is 0 Å². The van der Waals surface area contributed by atoms with Crippen molar-refractivity contribution in [2.45, 2.75) is 43.1 Å². The van der Waals surface area contributed by atoms with Crippen LogP contribution in [0.1, 0.15) is 10.4 Å². The highest BCUT2D eigenvalue weighted by molar-refractivity contribution is 5.90. The summed E-state index contributed by atoms with van der Waals surface area (Å²) < 4.78 is 21.9. The summed E-state index contributed by atoms with van der Waals surface area (Å²) in [5.41, 5.74) is 0.217. The number of hydrogen-bond acceptors (Lipinski definition) is 12. The van der Waals surface area contributed by atoms with Crippen molar-refractivity contribution in [2.24, 2.45) is 11.8 Å². The van der Waals surface area contributed by atoms with Gasteiger partial charge in [0.1, 0.15) is 42.0 Å². The SMILES string of the molecule is O=C(OC1=C(CO)C2C(OC3OC(CO)C(O)C(O)C3O)OC=CC2C1O)c1ccc(O)cc1. The van der Waals surface area contributed by atoms with Gasteiger partial charge in [0.05, 0.1) is 31.0 Å². The molecule has 4 rings (SSSR count). The van der Waals surface area contributed by atoms with Crippen LogP contribution in [0.4, 0.5) is 0 Å². The van der Waals surface area contributed by atoms with Crippen LogP contribution in [0.2, 0.25) is 0 Å². The van der Waals surface area contributed by atoms with Crippen LogP contribution in [0, 0.1) is 11.8 Å². The summed E-state index contributed by atoms with van der Waals surface area (Å²) in [4.78, 5) is 12.6. The third-order valence-corrected chi connectivity index (χ3v) is 6.17. The number of benzene rings is 1. The van der Waals surface area contributed by atoms with Crippen molar-refractivity contribution in [1.29, 1.82) is 0 Å². The summed E-state index contributed by atoms with van der Waals surface area (Å²) in [6.45, 7) is -1.28. The predicted octanol–water partition coefficient (Wildman–Crippen LogP) is -1.91. The summed E-state index contributed by atoms with van der Waals surface area (Å²) in [6.07, 6.45) is -7.52. The van der Waals surface area contributed by atoms with Gasteiger partial charge in [-0.3, -0.25) is 0 Å². The minimum atomic E-state index is -1.69. The minimum absolute atomic E-state index is 0.0470. The largest absolute Gasteiger partial charge is 0.508 e. The number of phenols is 1. The second-order valence-corrected chi connectivity index (χ2v) is 8.20. The van der Waals surface area contributed by atoms with Crippen molar-refractivity contribution in [3.8, 4) is 5.75 Å². The smallest absolute Gasteiger partial charge is 0.343 e. The van der Waals surface area contributed by atoms with Crippen LogP contribution in [0.25, 0.3) is 0 Å². The Balaban J connectivity index is 1.56. The van der Waals surface area contributed by atoms with E-state index in [4.69, 9.17) is 18.9 Å². The number of aliphatic hydroxyl groups excluding tert-OH is 6. The molecule has 3 aliphatic rings. The van der Waals surface area contributed by atoms with Gasteiger partial charge in [0.25, 0.3) is 0 Å². The first-order valence-corrected chi connectivity index (χ1v) is 10.6. The summed E-state index contributed by atoms with van der Waals surface area (Å²) in [5, 5.41) is 69.8. The first kappa shape index (κ1) is 24.6. The number of esters is 1. The Morgan fingerprint density at radius 2 is 1.68 bits per heavy atom. The number of aliphatic hydroxyl groups is 6. The Kier molecular flexibility index (Phi) is 7.21. The molecule has 0 aromatic heterocycles. The molecule has 9 atom stereocenters. The second kappa shape index (κ2) is 9.98. The monoisotopic (exact) mass is 482 g/mol. The molecule has 34 heavy (non-hydrogen) atoms. The Hall–Kier alpha value is -2.55. The fraction of sp³-hybridized carbons (Fsp3) is 0.500. The van der Waals surface area contributed by atoms with Gasteiger partial charge < -0.3 is 54.7 Å². The molecule has 12 nitrogen and oxygen atoms in total. The molecule has 2 aliphatic heterocycles. The molecule has 0 spiro atoms. The number of phenolic OH excluding ortho intramolecular Hbond substituents is 1. The third kappa shape index (κ3) is 4.42. The molecule has 1 aromatic carbocycles. The lowest BCUT2D eigenvalue weighted by Crippen LogP contribution is -2.60. The highest BCUT2D eigenvalue weighted by Gasteiger charge is 2.52. The molecule has 12 heteroatoms. The van der Waals surface area contributed by atoms with Gasteiger partial charge in [-0.05, 0) is 30.3 Å². The van der Waals surface area contributed by atoms with Gasteiger partial charge in [-0.1, -0.05) is 0 Å². The number of aromatic hydroxyl groups is 1. The average molecular weight is 482 g/mol. The van der Waals surface area contributed by atoms with Crippen LogP contribution >= 0.6 is 0 Å². The summed E-state index contributed by atoms with van der Waals surface area (Å²) in [5.74, 6) is -2.65. The zero-order chi connectivity index (χ0) is 24.6. The molecule has 2 heterocycles. The van der Waals surface area contributed by atoms with Crippen LogP contribution in [0.3, 0.4) is 0 Å². The predicted molar refractivity (Wildman–Crippen MR) is 109 cm³/mol. The number of carbonyl (C=O) groups excluding carboxylic acids is 1. The summed E-state index contributed by atoms with van der Waals surface area (Å²) >= 11 is 0. The van der Waals surface area contributed by atoms with Gasteiger partial charge in [-0.25, -0.2) is 4.79 Å². The van der Waals surface area contributed by atoms with E-state index in [2.05, 4.69) is 0 Å². The number of hydrogen-bond donors (Lipinski definition) is 7. The fourth-order valence-electron chi connectivity index (χ4n) is 4.32. The number of ether oxygens (including phenoxy) is 4. The molecule has 0 bridgehead atoms. The summed E-state index contributed by atoms with van der Waals surface area (Å²) in [7, 11) is 0. The van der Waals surface area contributed by atoms with Gasteiger partial charge >= 0.3 is 5.97 Å². The van der Waals surface area contributed by atoms with Crippen molar-refractivity contribution in [2.75, 3.05) is 13.2 Å². The summed E-state index contributed by atoms with van der Waals surface area (Å²) in [6, 6.07) is 5.26. The van der Waals surface area contributed by atoms with Gasteiger partial charge in [-0.15, -0.1) is 0 Å². The van der Waals surface area contributed by atoms with E-state index in [1.54, 1.807) is 0 Å². The lowest BCUT2D eigenvalue weighted by atomic mass is 9.88. The van der Waals surface area contributed by atoms with E-state index in [1.807, 2.05) is 0 Å². The maximum atomic E-state index is 12.6. The minimum Gasteiger partial charge on any atom is -0.508 e. The van der Waals surface area contributed by atoms with E-state index in [1.165, 1.54) is 36.6 Å². The molecule has 186 valence electrons. The molecule has 1 aliphatic carbocycles. The van der Waals surface area contributed by atoms with Crippen LogP contribution < -0.4 is 0 Å². The number of carbonyl (C=O) groups is 1. The van der Waals surface area contributed by atoms with Gasteiger partial charge in [0, 0.05) is 11.5 Å². The number of rotatable bonds is 6. The van der Waals surface area contributed by atoms with E-state index in [0.29, 0.717) is 0 Å². The first-order chi connectivity index (χ1) is 16.3. The van der Waals surface area contributed by atoms with Crippen molar-refractivity contribution in [3.63, 3.8) is 0 Å². The van der Waals surface area contributed by atoms with Crippen molar-refractivity contribution in [3.05, 3.63) is 53.5 Å². The van der Waals surface area contributed by atoms with Crippen molar-refractivity contribution >= 4 is 5.97 Å². The zero-order valence-corrected chi connectivity index (χ0v) is 17.7. The first-order valence-electron chi connectivity index (χ1n) is 10.6. The highest BCUT2D eigenvalue weighted by atomic mass is 16.8. The molecule has 9 unspecified atom stereocenters. The maximum absolute atomic E-state index is 12.6. The molecule has 0 saturated carbocycles. The Morgan fingerprint density at radius 1 is 0.971 bits per heavy atom. The Bertz CT molecular complexity index is 942. The normalized spacial score (nSPS) is 37.3. The molecule has 1 aromatic rings. The van der Waals surface area contributed by atoms with Gasteiger partial charge in [0.2, 0.25) is 6.29 Å². The standard InChI is InChI=1S/C22H26O12/c23-7-12-14-11(15(26)19(12)33-20(30)9-1-3-10(25)4-2-9)5-6-31-21(14)34-22-18(29)17(28)16(27)13(8-24)32-22/h1-6,11,13-18,21-29H,7-8H2. The lowest BCUT2D eigenvalue weighted by Gasteiger charge is -2.42. The molecule has 1 saturated heterocycles. The van der Waals surface area contributed by atoms with Gasteiger partial charge in [0.15, 0.2) is 6.29 Å². The maximum Gasteiger partial charge on any atom is 0.343 e. The molecule has 0 radical (unpaired) electrons. The van der Waals surface area contributed by atoms with E-state index in [-0.39, 0.29) is 22.6 Å². The Labute approximate surface area is 193 Å². The van der Waals surface area contributed by atoms with E-state index in [9.17, 15) is 40.5 Å². The topological polar surface area (TPSA) is 196 Å². The Morgan fingerprint density at radius 3 is 2.32 bits per heavy atom. The fourth-order valence-corrected chi connectivity index (χ4v) is 4.32. The molecule has 1 fully saturated rings. The highest BCUT2D eigenvalue weighted by Crippen LogP contribution is 2.45. The van der Waals surface area contributed by atoms with E-state index < -0.39 is 74.1 Å². The van der Waals surface area contributed by atoms with Crippen molar-refractivity contribution < 1.29 is 59.5 Å². The quantitative estimate of drug-likeness (QED) is 0.223. The zero-order valence-electron chi connectivity index (χ0n) is 17.7. The molecular weight excluding hydrogens is 456 g/mol. The van der Waals surface area contributed by atoms with E-state index >= 15 is 0 Å². The molecular formula is C22H26O12. The van der Waals surface area contributed by atoms with Crippen LogP contribution in [0.15, 0.2) is 47.9 Å². The third-order valence-electron chi connectivity index (χ3n) is 6.17. The van der Waals surface area contributed by atoms with Crippen LogP contribution in [0.5, 0.6) is 5.75 Å².